The Morgan fingerprint density at radius 2 is 1.43 bits per heavy atom. The maximum atomic E-state index is 11.6. The van der Waals surface area contributed by atoms with Gasteiger partial charge in [-0.2, -0.15) is 0 Å². The van der Waals surface area contributed by atoms with E-state index < -0.39 is 29.8 Å². The Kier molecular flexibility index (Phi) is 13.3. The Bertz CT molecular complexity index is 799. The maximum absolute atomic E-state index is 11.6. The van der Waals surface area contributed by atoms with Crippen molar-refractivity contribution in [1.82, 2.24) is 16.0 Å². The number of carboxylic acids is 1. The number of benzene rings is 1. The van der Waals surface area contributed by atoms with Gasteiger partial charge in [0.25, 0.3) is 0 Å². The lowest BCUT2D eigenvalue weighted by molar-refractivity contribution is -0.139. The van der Waals surface area contributed by atoms with Gasteiger partial charge in [0, 0.05) is 12.1 Å². The number of carbonyl (C=O) groups excluding carboxylic acids is 2. The van der Waals surface area contributed by atoms with E-state index in [1.807, 2.05) is 18.2 Å². The quantitative estimate of drug-likeness (QED) is 0.375. The van der Waals surface area contributed by atoms with E-state index in [1.54, 1.807) is 32.9 Å². The first kappa shape index (κ1) is 30.4. The maximum Gasteiger partial charge on any atom is 0.408 e. The van der Waals surface area contributed by atoms with Crippen LogP contribution in [0.15, 0.2) is 30.3 Å². The van der Waals surface area contributed by atoms with Gasteiger partial charge in [0.1, 0.15) is 18.2 Å². The van der Waals surface area contributed by atoms with E-state index in [1.165, 1.54) is 64.2 Å². The van der Waals surface area contributed by atoms with Crippen molar-refractivity contribution in [3.05, 3.63) is 35.9 Å². The van der Waals surface area contributed by atoms with Gasteiger partial charge in [-0.1, -0.05) is 68.9 Å². The van der Waals surface area contributed by atoms with Crippen LogP contribution in [0, 0.1) is 0 Å². The van der Waals surface area contributed by atoms with E-state index in [4.69, 9.17) is 14.6 Å². The fraction of sp³-hybridized carbons (Fsp3) is 0.679. The van der Waals surface area contributed by atoms with Crippen molar-refractivity contribution in [3.63, 3.8) is 0 Å². The van der Waals surface area contributed by atoms with E-state index in [9.17, 15) is 14.4 Å². The molecule has 2 aliphatic carbocycles. The predicted molar refractivity (Wildman–Crippen MR) is 142 cm³/mol. The zero-order valence-corrected chi connectivity index (χ0v) is 22.6. The van der Waals surface area contributed by atoms with Crippen molar-refractivity contribution in [1.29, 1.82) is 0 Å². The number of carboxylic acid groups (broad SMARTS) is 1. The average molecular weight is 520 g/mol. The molecular formula is C28H45N3O6. The van der Waals surface area contributed by atoms with Gasteiger partial charge in [-0.05, 0) is 52.0 Å². The zero-order chi connectivity index (χ0) is 27.1. The van der Waals surface area contributed by atoms with Crippen molar-refractivity contribution in [2.45, 2.75) is 115 Å². The summed E-state index contributed by atoms with van der Waals surface area (Å²) in [5, 5.41) is 17.4. The van der Waals surface area contributed by atoms with Crippen LogP contribution in [-0.4, -0.2) is 53.5 Å². The van der Waals surface area contributed by atoms with Gasteiger partial charge in [0.2, 0.25) is 0 Å². The molecule has 0 aliphatic heterocycles. The number of alkyl carbamates (subject to hydrolysis) is 2. The van der Waals surface area contributed by atoms with Gasteiger partial charge in [0.15, 0.2) is 0 Å². The second-order valence-corrected chi connectivity index (χ2v) is 10.8. The van der Waals surface area contributed by atoms with Crippen LogP contribution >= 0.6 is 0 Å². The summed E-state index contributed by atoms with van der Waals surface area (Å²) < 4.78 is 9.93. The summed E-state index contributed by atoms with van der Waals surface area (Å²) in [6, 6.07) is 9.44. The molecular weight excluding hydrogens is 474 g/mol. The Morgan fingerprint density at radius 1 is 0.892 bits per heavy atom. The third kappa shape index (κ3) is 13.9. The molecule has 2 aliphatic rings. The monoisotopic (exact) mass is 519 g/mol. The van der Waals surface area contributed by atoms with E-state index in [0.29, 0.717) is 0 Å². The lowest BCUT2D eigenvalue weighted by Gasteiger charge is -2.30. The van der Waals surface area contributed by atoms with Gasteiger partial charge in [-0.15, -0.1) is 0 Å². The van der Waals surface area contributed by atoms with Crippen LogP contribution in [0.2, 0.25) is 0 Å². The molecule has 2 saturated carbocycles. The van der Waals surface area contributed by atoms with Gasteiger partial charge in [0.05, 0.1) is 6.54 Å². The van der Waals surface area contributed by atoms with E-state index in [-0.39, 0.29) is 13.2 Å². The number of aliphatic carboxylic acids is 1. The van der Waals surface area contributed by atoms with Gasteiger partial charge in [-0.3, -0.25) is 0 Å². The van der Waals surface area contributed by atoms with Crippen LogP contribution < -0.4 is 16.0 Å². The van der Waals surface area contributed by atoms with Crippen LogP contribution in [0.1, 0.15) is 90.5 Å². The smallest absolute Gasteiger partial charge is 0.408 e. The standard InChI is InChI=1S/C16H22N2O6.C12H23N/c1-16(2,3)24-15(22)18-12(13(19)20)9-17-14(21)23-10-11-7-5-4-6-8-11;1-3-7-11(8-4-1)13-12-9-5-2-6-10-12/h4-8,12H,9-10H2,1-3H3,(H,17,21)(H,18,22)(H,19,20);11-13H,1-10H2/t12-;/m1./s1. The summed E-state index contributed by atoms with van der Waals surface area (Å²) in [6.45, 7) is 4.69. The molecule has 3 rings (SSSR count). The summed E-state index contributed by atoms with van der Waals surface area (Å²) in [4.78, 5) is 34.3. The number of amides is 2. The third-order valence-corrected chi connectivity index (χ3v) is 6.33. The molecule has 2 fully saturated rings. The number of carbonyl (C=O) groups is 3. The number of hydrogen-bond acceptors (Lipinski definition) is 6. The van der Waals surface area contributed by atoms with Crippen LogP contribution in [0.3, 0.4) is 0 Å². The highest BCUT2D eigenvalue weighted by atomic mass is 16.6. The molecule has 1 aromatic rings. The molecule has 0 saturated heterocycles. The zero-order valence-electron chi connectivity index (χ0n) is 22.6. The topological polar surface area (TPSA) is 126 Å². The Labute approximate surface area is 221 Å². The first-order valence-corrected chi connectivity index (χ1v) is 13.6. The van der Waals surface area contributed by atoms with Gasteiger partial charge >= 0.3 is 18.2 Å². The normalized spacial score (nSPS) is 17.5. The van der Waals surface area contributed by atoms with Crippen molar-refractivity contribution in [3.8, 4) is 0 Å². The molecule has 37 heavy (non-hydrogen) atoms. The molecule has 2 amide bonds. The van der Waals surface area contributed by atoms with E-state index in [0.717, 1.165) is 17.6 Å². The molecule has 0 unspecified atom stereocenters. The fourth-order valence-electron chi connectivity index (χ4n) is 4.48. The molecule has 9 heteroatoms. The highest BCUT2D eigenvalue weighted by molar-refractivity contribution is 5.81. The molecule has 4 N–H and O–H groups in total. The Morgan fingerprint density at radius 3 is 1.92 bits per heavy atom. The summed E-state index contributed by atoms with van der Waals surface area (Å²) in [5.41, 5.74) is 0.0455. The average Bonchev–Trinajstić information content (AvgIpc) is 2.86. The highest BCUT2D eigenvalue weighted by Crippen LogP contribution is 2.22. The first-order valence-electron chi connectivity index (χ1n) is 13.6. The number of ether oxygens (including phenoxy) is 2. The largest absolute Gasteiger partial charge is 0.480 e. The lowest BCUT2D eigenvalue weighted by Crippen LogP contribution is -2.49. The van der Waals surface area contributed by atoms with Crippen molar-refractivity contribution in [2.75, 3.05) is 6.54 Å². The van der Waals surface area contributed by atoms with Crippen molar-refractivity contribution < 1.29 is 29.0 Å². The summed E-state index contributed by atoms with van der Waals surface area (Å²) in [6.07, 6.45) is 12.9. The highest BCUT2D eigenvalue weighted by Gasteiger charge is 2.24. The van der Waals surface area contributed by atoms with Crippen molar-refractivity contribution in [2.24, 2.45) is 0 Å². The molecule has 208 valence electrons. The molecule has 0 radical (unpaired) electrons. The molecule has 9 nitrogen and oxygen atoms in total. The molecule has 1 aromatic carbocycles. The lowest BCUT2D eigenvalue weighted by atomic mass is 9.91. The van der Waals surface area contributed by atoms with Crippen LogP contribution in [-0.2, 0) is 20.9 Å². The minimum atomic E-state index is -1.33. The molecule has 0 heterocycles. The SMILES string of the molecule is C1CCC(NC2CCCCC2)CC1.CC(C)(C)OC(=O)N[C@H](CNC(=O)OCc1ccccc1)C(=O)O. The van der Waals surface area contributed by atoms with Crippen LogP contribution in [0.4, 0.5) is 9.59 Å². The Hall–Kier alpha value is -2.81. The minimum Gasteiger partial charge on any atom is -0.480 e. The number of hydrogen-bond donors (Lipinski definition) is 4. The second kappa shape index (κ2) is 16.1. The minimum absolute atomic E-state index is 0.0594. The Balaban J connectivity index is 0.000000308. The predicted octanol–water partition coefficient (Wildman–Crippen LogP) is 5.13. The summed E-state index contributed by atoms with van der Waals surface area (Å²) >= 11 is 0. The van der Waals surface area contributed by atoms with E-state index >= 15 is 0 Å². The first-order chi connectivity index (χ1) is 17.6. The number of nitrogens with one attached hydrogen (secondary N) is 3. The second-order valence-electron chi connectivity index (χ2n) is 10.8. The van der Waals surface area contributed by atoms with Crippen LogP contribution in [0.25, 0.3) is 0 Å². The molecule has 1 atom stereocenters. The third-order valence-electron chi connectivity index (χ3n) is 6.33. The van der Waals surface area contributed by atoms with Gasteiger partial charge in [-0.25, -0.2) is 14.4 Å². The van der Waals surface area contributed by atoms with E-state index in [2.05, 4.69) is 16.0 Å². The van der Waals surface area contributed by atoms with Gasteiger partial charge < -0.3 is 30.5 Å². The fourth-order valence-corrected chi connectivity index (χ4v) is 4.48. The molecule has 0 bridgehead atoms. The summed E-state index contributed by atoms with van der Waals surface area (Å²) in [7, 11) is 0. The number of rotatable bonds is 8. The van der Waals surface area contributed by atoms with Crippen molar-refractivity contribution >= 4 is 18.2 Å². The summed E-state index contributed by atoms with van der Waals surface area (Å²) in [5.74, 6) is -1.30. The van der Waals surface area contributed by atoms with Crippen LogP contribution in [0.5, 0.6) is 0 Å². The molecule has 0 aromatic heterocycles. The molecule has 0 spiro atoms.